The lowest BCUT2D eigenvalue weighted by molar-refractivity contribution is -0.166. The number of methoxy groups -OCH3 is 1. The number of allylic oxidation sites excluding steroid dienone is 1. The second-order valence-corrected chi connectivity index (χ2v) is 8.45. The number of esters is 1. The molecule has 32 heavy (non-hydrogen) atoms. The van der Waals surface area contributed by atoms with Gasteiger partial charge in [-0.2, -0.15) is 0 Å². The van der Waals surface area contributed by atoms with Crippen molar-refractivity contribution in [1.29, 1.82) is 0 Å². The summed E-state index contributed by atoms with van der Waals surface area (Å²) in [5.74, 6) is -0.548. The Bertz CT molecular complexity index is 784. The summed E-state index contributed by atoms with van der Waals surface area (Å²) < 4.78 is 16.7. The number of carbonyl (C=O) groups is 2. The first-order valence-corrected chi connectivity index (χ1v) is 11.7. The highest BCUT2D eigenvalue weighted by Gasteiger charge is 2.38. The number of nitrogens with one attached hydrogen (secondary N) is 1. The van der Waals surface area contributed by atoms with Crippen molar-refractivity contribution in [3.8, 4) is 0 Å². The topological polar surface area (TPSA) is 94.1 Å². The minimum absolute atomic E-state index is 0.0715. The second-order valence-electron chi connectivity index (χ2n) is 8.45. The first kappa shape index (κ1) is 24.3. The fourth-order valence-corrected chi connectivity index (χ4v) is 4.61. The summed E-state index contributed by atoms with van der Waals surface area (Å²) in [7, 11) is 1.35. The van der Waals surface area contributed by atoms with E-state index in [0.29, 0.717) is 25.0 Å². The third-order valence-electron chi connectivity index (χ3n) is 6.29. The molecule has 1 fully saturated rings. The number of benzene rings is 1. The maximum Gasteiger partial charge on any atom is 0.337 e. The molecule has 7 nitrogen and oxygen atoms in total. The first-order chi connectivity index (χ1) is 15.6. The van der Waals surface area contributed by atoms with E-state index in [2.05, 4.69) is 5.32 Å². The minimum atomic E-state index is -0.589. The lowest BCUT2D eigenvalue weighted by Gasteiger charge is -2.37. The van der Waals surface area contributed by atoms with E-state index < -0.39 is 12.3 Å². The SMILES string of the molecule is CCO[C@H]1OC(C(=O)NC2CCCCC2)=C[C@@H](c2ccc(C(=O)OC)cc2)[C@H]1CCCO. The van der Waals surface area contributed by atoms with Crippen molar-refractivity contribution in [2.45, 2.75) is 70.1 Å². The number of carbonyl (C=O) groups excluding carboxylic acids is 2. The average Bonchev–Trinajstić information content (AvgIpc) is 2.83. The van der Waals surface area contributed by atoms with Gasteiger partial charge in [-0.1, -0.05) is 31.4 Å². The van der Waals surface area contributed by atoms with Crippen LogP contribution >= 0.6 is 0 Å². The third-order valence-corrected chi connectivity index (χ3v) is 6.29. The van der Waals surface area contributed by atoms with Gasteiger partial charge in [0.2, 0.25) is 6.29 Å². The highest BCUT2D eigenvalue weighted by Crippen LogP contribution is 2.39. The van der Waals surface area contributed by atoms with Gasteiger partial charge < -0.3 is 24.6 Å². The van der Waals surface area contributed by atoms with Crippen LogP contribution in [0.4, 0.5) is 0 Å². The number of amides is 1. The zero-order valence-corrected chi connectivity index (χ0v) is 19.0. The molecule has 1 saturated carbocycles. The molecule has 0 radical (unpaired) electrons. The maximum atomic E-state index is 13.0. The van der Waals surface area contributed by atoms with Crippen LogP contribution in [0, 0.1) is 5.92 Å². The van der Waals surface area contributed by atoms with Gasteiger partial charge >= 0.3 is 5.97 Å². The van der Waals surface area contributed by atoms with Gasteiger partial charge in [-0.15, -0.1) is 0 Å². The van der Waals surface area contributed by atoms with Crippen LogP contribution in [-0.4, -0.2) is 49.6 Å². The van der Waals surface area contributed by atoms with Gasteiger partial charge in [0.25, 0.3) is 5.91 Å². The van der Waals surface area contributed by atoms with Crippen LogP contribution in [0.2, 0.25) is 0 Å². The van der Waals surface area contributed by atoms with Gasteiger partial charge in [-0.05, 0) is 56.4 Å². The van der Waals surface area contributed by atoms with Crippen LogP contribution in [0.25, 0.3) is 0 Å². The normalized spacial score (nSPS) is 23.7. The van der Waals surface area contributed by atoms with Crippen molar-refractivity contribution < 1.29 is 28.9 Å². The van der Waals surface area contributed by atoms with E-state index in [4.69, 9.17) is 14.2 Å². The molecule has 176 valence electrons. The molecule has 3 rings (SSSR count). The van der Waals surface area contributed by atoms with Crippen molar-refractivity contribution in [2.24, 2.45) is 5.92 Å². The van der Waals surface area contributed by atoms with E-state index in [0.717, 1.165) is 31.2 Å². The molecule has 7 heteroatoms. The van der Waals surface area contributed by atoms with Gasteiger partial charge in [0, 0.05) is 31.1 Å². The Hall–Kier alpha value is -2.38. The Morgan fingerprint density at radius 3 is 2.50 bits per heavy atom. The Labute approximate surface area is 190 Å². The number of aliphatic hydroxyl groups excluding tert-OH is 1. The molecule has 0 bridgehead atoms. The summed E-state index contributed by atoms with van der Waals surface area (Å²) in [5, 5.41) is 12.5. The Kier molecular flexibility index (Phi) is 9.11. The molecule has 1 aliphatic heterocycles. The number of rotatable bonds is 9. The molecule has 2 aliphatic rings. The number of aliphatic hydroxyl groups is 1. The van der Waals surface area contributed by atoms with Crippen molar-refractivity contribution in [1.82, 2.24) is 5.32 Å². The second kappa shape index (κ2) is 12.0. The van der Waals surface area contributed by atoms with Crippen LogP contribution in [-0.2, 0) is 19.0 Å². The Balaban J connectivity index is 1.88. The van der Waals surface area contributed by atoms with Gasteiger partial charge in [-0.25, -0.2) is 4.79 Å². The highest BCUT2D eigenvalue weighted by atomic mass is 16.7. The molecule has 1 aliphatic carbocycles. The van der Waals surface area contributed by atoms with Crippen LogP contribution in [0.3, 0.4) is 0 Å². The fraction of sp³-hybridized carbons (Fsp3) is 0.600. The zero-order valence-electron chi connectivity index (χ0n) is 19.0. The Morgan fingerprint density at radius 1 is 1.16 bits per heavy atom. The summed E-state index contributed by atoms with van der Waals surface area (Å²) in [6.45, 7) is 2.42. The van der Waals surface area contributed by atoms with E-state index >= 15 is 0 Å². The molecular weight excluding hydrogens is 410 g/mol. The van der Waals surface area contributed by atoms with E-state index in [-0.39, 0.29) is 36.2 Å². The standard InChI is InChI=1S/C25H35NO6/c1-3-31-25-20(10-7-15-27)21(17-11-13-18(14-12-17)24(29)30-2)16-22(32-25)23(28)26-19-8-5-4-6-9-19/h11-14,16,19-21,25,27H,3-10,15H2,1-2H3,(H,26,28)/t20-,21+,25+/m1/s1. The quantitative estimate of drug-likeness (QED) is 0.563. The zero-order chi connectivity index (χ0) is 22.9. The van der Waals surface area contributed by atoms with Crippen molar-refractivity contribution >= 4 is 11.9 Å². The summed E-state index contributed by atoms with van der Waals surface area (Å²) in [4.78, 5) is 24.9. The third kappa shape index (κ3) is 6.11. The van der Waals surface area contributed by atoms with Gasteiger partial charge in [-0.3, -0.25) is 4.79 Å². The number of hydrogen-bond donors (Lipinski definition) is 2. The highest BCUT2D eigenvalue weighted by molar-refractivity contribution is 5.92. The molecule has 1 heterocycles. The minimum Gasteiger partial charge on any atom is -0.465 e. The molecule has 0 aromatic heterocycles. The predicted octanol–water partition coefficient (Wildman–Crippen LogP) is 3.67. The molecule has 3 atom stereocenters. The summed E-state index contributed by atoms with van der Waals surface area (Å²) >= 11 is 0. The fourth-order valence-electron chi connectivity index (χ4n) is 4.61. The average molecular weight is 446 g/mol. The molecule has 2 N–H and O–H groups in total. The van der Waals surface area contributed by atoms with Crippen LogP contribution in [0.15, 0.2) is 36.1 Å². The molecule has 0 unspecified atom stereocenters. The molecule has 1 aromatic carbocycles. The first-order valence-electron chi connectivity index (χ1n) is 11.7. The molecule has 0 spiro atoms. The van der Waals surface area contributed by atoms with Gasteiger partial charge in [0.1, 0.15) is 0 Å². The smallest absolute Gasteiger partial charge is 0.337 e. The van der Waals surface area contributed by atoms with E-state index in [1.165, 1.54) is 13.5 Å². The lowest BCUT2D eigenvalue weighted by Crippen LogP contribution is -2.42. The molecule has 0 saturated heterocycles. The molecular formula is C25H35NO6. The lowest BCUT2D eigenvalue weighted by atomic mass is 9.80. The Morgan fingerprint density at radius 2 is 1.88 bits per heavy atom. The number of hydrogen-bond acceptors (Lipinski definition) is 6. The van der Waals surface area contributed by atoms with Crippen LogP contribution in [0.1, 0.15) is 73.7 Å². The molecule has 1 amide bonds. The van der Waals surface area contributed by atoms with Crippen LogP contribution in [0.5, 0.6) is 0 Å². The summed E-state index contributed by atoms with van der Waals surface area (Å²) in [6.07, 6.45) is 8.02. The van der Waals surface area contributed by atoms with E-state index in [9.17, 15) is 14.7 Å². The van der Waals surface area contributed by atoms with E-state index in [1.54, 1.807) is 12.1 Å². The van der Waals surface area contributed by atoms with Crippen molar-refractivity contribution in [3.05, 3.63) is 47.2 Å². The van der Waals surface area contributed by atoms with Crippen LogP contribution < -0.4 is 5.32 Å². The number of ether oxygens (including phenoxy) is 3. The molecule has 1 aromatic rings. The largest absolute Gasteiger partial charge is 0.465 e. The van der Waals surface area contributed by atoms with Gasteiger partial charge in [0.05, 0.1) is 12.7 Å². The van der Waals surface area contributed by atoms with E-state index in [1.807, 2.05) is 25.1 Å². The van der Waals surface area contributed by atoms with Gasteiger partial charge in [0.15, 0.2) is 5.76 Å². The maximum absolute atomic E-state index is 13.0. The monoisotopic (exact) mass is 445 g/mol. The van der Waals surface area contributed by atoms with Crippen molar-refractivity contribution in [3.63, 3.8) is 0 Å². The summed E-state index contributed by atoms with van der Waals surface area (Å²) in [5.41, 5.74) is 1.42. The predicted molar refractivity (Wildman–Crippen MR) is 120 cm³/mol. The van der Waals surface area contributed by atoms with Crippen molar-refractivity contribution in [2.75, 3.05) is 20.3 Å². The summed E-state index contributed by atoms with van der Waals surface area (Å²) in [6, 6.07) is 7.39.